The van der Waals surface area contributed by atoms with Crippen LogP contribution >= 0.6 is 0 Å². The van der Waals surface area contributed by atoms with E-state index in [9.17, 15) is 27.2 Å². The summed E-state index contributed by atoms with van der Waals surface area (Å²) in [5.74, 6) is -0.271. The third-order valence-corrected chi connectivity index (χ3v) is 9.78. The maximum atomic E-state index is 14.4. The fourth-order valence-electron chi connectivity index (χ4n) is 6.80. The Balaban J connectivity index is 1.16. The molecule has 10 nitrogen and oxygen atoms in total. The van der Waals surface area contributed by atoms with Gasteiger partial charge in [0.25, 0.3) is 5.91 Å². The summed E-state index contributed by atoms with van der Waals surface area (Å²) in [5.41, 5.74) is 7.62. The lowest BCUT2D eigenvalue weighted by Gasteiger charge is -2.38. The summed E-state index contributed by atoms with van der Waals surface area (Å²) >= 11 is 0. The molecule has 1 spiro atoms. The van der Waals surface area contributed by atoms with Gasteiger partial charge in [0.2, 0.25) is 5.91 Å². The molecule has 0 unspecified atom stereocenters. The first kappa shape index (κ1) is 33.1. The Morgan fingerprint density at radius 3 is 2.35 bits per heavy atom. The van der Waals surface area contributed by atoms with Gasteiger partial charge in [-0.15, -0.1) is 0 Å². The second-order valence-electron chi connectivity index (χ2n) is 13.7. The summed E-state index contributed by atoms with van der Waals surface area (Å²) in [6, 6.07) is 8.21. The molecule has 3 N–H and O–H groups in total. The van der Waals surface area contributed by atoms with Gasteiger partial charge in [-0.3, -0.25) is 14.6 Å². The van der Waals surface area contributed by atoms with Crippen molar-refractivity contribution in [3.8, 4) is 11.1 Å². The number of piperidine rings is 1. The largest absolute Gasteiger partial charge is 0.433 e. The van der Waals surface area contributed by atoms with Crippen LogP contribution in [0, 0.1) is 13.8 Å². The zero-order chi connectivity index (χ0) is 34.7. The van der Waals surface area contributed by atoms with Crippen molar-refractivity contribution in [1.82, 2.24) is 20.3 Å². The molecule has 2 saturated carbocycles. The summed E-state index contributed by atoms with van der Waals surface area (Å²) in [5, 5.41) is 2.86. The lowest BCUT2D eigenvalue weighted by Crippen LogP contribution is -2.49. The van der Waals surface area contributed by atoms with E-state index in [2.05, 4.69) is 25.2 Å². The molecule has 2 amide bonds. The average Bonchev–Trinajstić information content (AvgIpc) is 3.97. The number of carbonyl (C=O) groups excluding carboxylic acids is 2. The molecule has 2 aromatic heterocycles. The van der Waals surface area contributed by atoms with Crippen molar-refractivity contribution >= 4 is 23.3 Å². The van der Waals surface area contributed by atoms with Gasteiger partial charge in [-0.25, -0.2) is 19.3 Å². The summed E-state index contributed by atoms with van der Waals surface area (Å²) in [4.78, 5) is 44.9. The third kappa shape index (κ3) is 6.75. The number of carbonyl (C=O) groups is 2. The number of nitrogens with one attached hydrogen (secondary N) is 1. The molecule has 0 bridgehead atoms. The van der Waals surface area contributed by atoms with Crippen LogP contribution < -0.4 is 16.0 Å². The Bertz CT molecular complexity index is 1840. The van der Waals surface area contributed by atoms with Crippen LogP contribution in [0.5, 0.6) is 0 Å². The number of halogens is 4. The molecule has 2 aliphatic heterocycles. The van der Waals surface area contributed by atoms with E-state index >= 15 is 0 Å². The topological polar surface area (TPSA) is 136 Å². The zero-order valence-electron chi connectivity index (χ0n) is 27.3. The molecule has 4 aliphatic rings. The number of hydrogen-bond donors (Lipinski definition) is 2. The maximum absolute atomic E-state index is 14.4. The van der Waals surface area contributed by atoms with Crippen LogP contribution in [-0.2, 0) is 33.5 Å². The van der Waals surface area contributed by atoms with E-state index in [0.29, 0.717) is 67.2 Å². The van der Waals surface area contributed by atoms with Gasteiger partial charge in [-0.2, -0.15) is 13.2 Å². The molecule has 2 aliphatic carbocycles. The number of hydrogen-bond acceptors (Lipinski definition) is 8. The van der Waals surface area contributed by atoms with Gasteiger partial charge >= 0.3 is 6.18 Å². The number of pyridine rings is 1. The number of rotatable bonds is 10. The van der Waals surface area contributed by atoms with Crippen LogP contribution in [0.1, 0.15) is 84.2 Å². The molecule has 258 valence electrons. The summed E-state index contributed by atoms with van der Waals surface area (Å²) < 4.78 is 60.5. The van der Waals surface area contributed by atoms with Crippen molar-refractivity contribution in [2.75, 3.05) is 24.6 Å². The molecule has 1 aromatic carbocycles. The van der Waals surface area contributed by atoms with Gasteiger partial charge in [0.05, 0.1) is 25.3 Å². The molecule has 0 atom stereocenters. The summed E-state index contributed by atoms with van der Waals surface area (Å²) in [6.07, 6.45) is -1.43. The highest BCUT2D eigenvalue weighted by atomic mass is 19.4. The Morgan fingerprint density at radius 2 is 1.73 bits per heavy atom. The summed E-state index contributed by atoms with van der Waals surface area (Å²) in [6.45, 7) is 4.83. The van der Waals surface area contributed by atoms with E-state index in [1.165, 1.54) is 6.07 Å². The number of amidine groups is 1. The van der Waals surface area contributed by atoms with E-state index in [4.69, 9.17) is 15.5 Å². The lowest BCUT2D eigenvalue weighted by atomic mass is 9.87. The molecule has 14 heteroatoms. The monoisotopic (exact) mass is 679 g/mol. The van der Waals surface area contributed by atoms with Gasteiger partial charge in [0.15, 0.2) is 0 Å². The molecule has 49 heavy (non-hydrogen) atoms. The molecule has 4 heterocycles. The van der Waals surface area contributed by atoms with E-state index in [0.717, 1.165) is 41.3 Å². The highest BCUT2D eigenvalue weighted by Gasteiger charge is 2.47. The molecule has 7 rings (SSSR count). The lowest BCUT2D eigenvalue weighted by molar-refractivity contribution is -0.141. The summed E-state index contributed by atoms with van der Waals surface area (Å²) in [7, 11) is 0. The van der Waals surface area contributed by atoms with Crippen molar-refractivity contribution in [2.45, 2.75) is 88.7 Å². The predicted octanol–water partition coefficient (Wildman–Crippen LogP) is 5.01. The van der Waals surface area contributed by atoms with Crippen LogP contribution in [-0.4, -0.2) is 63.5 Å². The molecule has 3 fully saturated rings. The number of aliphatic imine (C=N–C) groups is 1. The average molecular weight is 680 g/mol. The van der Waals surface area contributed by atoms with Crippen molar-refractivity contribution < 1.29 is 31.9 Å². The second-order valence-corrected chi connectivity index (χ2v) is 13.7. The number of aromatic nitrogens is 3. The van der Waals surface area contributed by atoms with Gasteiger partial charge in [0, 0.05) is 52.8 Å². The fraction of sp³-hybridized carbons (Fsp3) is 0.486. The highest BCUT2D eigenvalue weighted by molar-refractivity contribution is 6.16. The maximum Gasteiger partial charge on any atom is 0.433 e. The number of alkyl halides is 4. The number of primary amides is 1. The van der Waals surface area contributed by atoms with Crippen LogP contribution in [0.2, 0.25) is 0 Å². The van der Waals surface area contributed by atoms with Crippen LogP contribution in [0.25, 0.3) is 11.1 Å². The quantitative estimate of drug-likeness (QED) is 0.288. The van der Waals surface area contributed by atoms with Crippen LogP contribution in [0.3, 0.4) is 0 Å². The van der Waals surface area contributed by atoms with Crippen molar-refractivity contribution in [2.24, 2.45) is 10.7 Å². The molecule has 0 radical (unpaired) electrons. The first-order valence-electron chi connectivity index (χ1n) is 16.5. The van der Waals surface area contributed by atoms with Gasteiger partial charge in [-0.05, 0) is 76.1 Å². The number of nitrogens with two attached hydrogens (primary N) is 1. The van der Waals surface area contributed by atoms with E-state index in [-0.39, 0.29) is 37.3 Å². The number of anilines is 1. The van der Waals surface area contributed by atoms with Crippen molar-refractivity contribution in [3.05, 3.63) is 70.1 Å². The minimum absolute atomic E-state index is 0.0179. The standard InChI is InChI=1S/C35H37F4N7O3/c1-19-29(20(2)42-28(41-19)16-27(40)47)22-5-6-23(17-49-18-33(36)9-10-33)25(15-22)46-13-11-34(12-14-46)32(48)44-31(45-34)24-7-8-26(35(37,38)39)43-30(24)21-3-4-21/h5-8,15,21H,3-4,9-14,16-18H2,1-2H3,(H2,40,47)(H,44,45,48). The number of ether oxygens (including phenoxy) is 1. The normalized spacial score (nSPS) is 19.6. The Labute approximate surface area is 280 Å². The SMILES string of the molecule is Cc1nc(CC(N)=O)nc(C)c1-c1ccc(COCC2(F)CC2)c(N2CCC3(CC2)N=C(c2ccc(C(F)(F)F)nc2C2CC2)NC3=O)c1. The highest BCUT2D eigenvalue weighted by Crippen LogP contribution is 2.44. The number of nitrogens with zero attached hydrogens (tertiary/aromatic N) is 5. The fourth-order valence-corrected chi connectivity index (χ4v) is 6.80. The number of benzene rings is 1. The van der Waals surface area contributed by atoms with Gasteiger partial charge in [0.1, 0.15) is 28.6 Å². The predicted molar refractivity (Wildman–Crippen MR) is 173 cm³/mol. The number of amides is 2. The van der Waals surface area contributed by atoms with E-state index < -0.39 is 29.0 Å². The van der Waals surface area contributed by atoms with Crippen molar-refractivity contribution in [1.29, 1.82) is 0 Å². The minimum atomic E-state index is -4.57. The Kier molecular flexibility index (Phi) is 8.19. The molecule has 1 saturated heterocycles. The third-order valence-electron chi connectivity index (χ3n) is 9.78. The molecular formula is C35H37F4N7O3. The Hall–Kier alpha value is -4.46. The number of aryl methyl sites for hydroxylation is 2. The van der Waals surface area contributed by atoms with Crippen LogP contribution in [0.4, 0.5) is 23.2 Å². The van der Waals surface area contributed by atoms with E-state index in [1.54, 1.807) is 0 Å². The van der Waals surface area contributed by atoms with Crippen LogP contribution in [0.15, 0.2) is 35.3 Å². The Morgan fingerprint density at radius 1 is 1.04 bits per heavy atom. The smallest absolute Gasteiger partial charge is 0.373 e. The second kappa shape index (κ2) is 12.1. The minimum Gasteiger partial charge on any atom is -0.373 e. The zero-order valence-corrected chi connectivity index (χ0v) is 27.3. The molecule has 3 aromatic rings. The first-order chi connectivity index (χ1) is 23.2. The van der Waals surface area contributed by atoms with Gasteiger partial charge in [-0.1, -0.05) is 12.1 Å². The molecular weight excluding hydrogens is 642 g/mol. The van der Waals surface area contributed by atoms with E-state index in [1.807, 2.05) is 32.0 Å². The first-order valence-corrected chi connectivity index (χ1v) is 16.5. The van der Waals surface area contributed by atoms with Crippen molar-refractivity contribution in [3.63, 3.8) is 0 Å². The van der Waals surface area contributed by atoms with Gasteiger partial charge < -0.3 is 20.7 Å².